The average Bonchev–Trinajstić information content (AvgIpc) is 2.24. The Morgan fingerprint density at radius 1 is 0.667 bits per heavy atom. The van der Waals surface area contributed by atoms with E-state index in [2.05, 4.69) is 0 Å². The molecule has 0 bridgehead atoms. The fourth-order valence-corrected chi connectivity index (χ4v) is 2.10. The fourth-order valence-electron chi connectivity index (χ4n) is 2.10. The Balaban J connectivity index is 2.73. The maximum atomic E-state index is 9.89. The number of aryl methyl sites for hydroxylation is 3. The van der Waals surface area contributed by atoms with Crippen LogP contribution in [-0.2, 0) is 0 Å². The maximum Gasteiger partial charge on any atom is 0.130 e. The van der Waals surface area contributed by atoms with Gasteiger partial charge >= 0.3 is 0 Å². The van der Waals surface area contributed by atoms with Crippen molar-refractivity contribution in [3.8, 4) is 28.4 Å². The molecule has 3 nitrogen and oxygen atoms in total. The smallest absolute Gasteiger partial charge is 0.130 e. The number of phenols is 3. The van der Waals surface area contributed by atoms with Crippen LogP contribution in [0.3, 0.4) is 0 Å². The van der Waals surface area contributed by atoms with Gasteiger partial charge in [-0.2, -0.15) is 0 Å². The largest absolute Gasteiger partial charge is 0.508 e. The topological polar surface area (TPSA) is 60.7 Å². The standard InChI is InChI=1S/C15H16O3/c1-8-4-10(3)12(5-9(8)2)15-13(17)6-11(16)7-14(15)18/h4-7,16-18H,1-3H3. The second-order valence-electron chi connectivity index (χ2n) is 4.61. The van der Waals surface area contributed by atoms with Crippen LogP contribution in [0.5, 0.6) is 17.2 Å². The third-order valence-electron chi connectivity index (χ3n) is 3.19. The summed E-state index contributed by atoms with van der Waals surface area (Å²) in [7, 11) is 0. The summed E-state index contributed by atoms with van der Waals surface area (Å²) in [5.41, 5.74) is 4.34. The minimum Gasteiger partial charge on any atom is -0.508 e. The van der Waals surface area contributed by atoms with Crippen LogP contribution in [0.2, 0.25) is 0 Å². The highest BCUT2D eigenvalue weighted by molar-refractivity contribution is 5.80. The second kappa shape index (κ2) is 4.26. The maximum absolute atomic E-state index is 9.89. The molecule has 2 rings (SSSR count). The number of rotatable bonds is 1. The van der Waals surface area contributed by atoms with Crippen molar-refractivity contribution >= 4 is 0 Å². The van der Waals surface area contributed by atoms with Crippen molar-refractivity contribution in [1.82, 2.24) is 0 Å². The van der Waals surface area contributed by atoms with Gasteiger partial charge in [0.05, 0.1) is 5.56 Å². The Hall–Kier alpha value is -2.16. The molecule has 0 radical (unpaired) electrons. The molecule has 0 heterocycles. The summed E-state index contributed by atoms with van der Waals surface area (Å²) in [6.07, 6.45) is 0. The van der Waals surface area contributed by atoms with Crippen molar-refractivity contribution in [3.05, 3.63) is 41.0 Å². The summed E-state index contributed by atoms with van der Waals surface area (Å²) in [6.45, 7) is 5.92. The van der Waals surface area contributed by atoms with Crippen LogP contribution in [0.4, 0.5) is 0 Å². The summed E-state index contributed by atoms with van der Waals surface area (Å²) in [6, 6.07) is 6.39. The monoisotopic (exact) mass is 244 g/mol. The molecule has 0 saturated heterocycles. The molecule has 0 aromatic heterocycles. The van der Waals surface area contributed by atoms with Gasteiger partial charge < -0.3 is 15.3 Å². The van der Waals surface area contributed by atoms with Crippen molar-refractivity contribution < 1.29 is 15.3 Å². The quantitative estimate of drug-likeness (QED) is 0.720. The first-order valence-electron chi connectivity index (χ1n) is 5.73. The van der Waals surface area contributed by atoms with Gasteiger partial charge in [0.1, 0.15) is 17.2 Å². The highest BCUT2D eigenvalue weighted by atomic mass is 16.3. The van der Waals surface area contributed by atoms with Crippen LogP contribution >= 0.6 is 0 Å². The molecule has 0 atom stereocenters. The number of benzene rings is 2. The lowest BCUT2D eigenvalue weighted by Crippen LogP contribution is -1.90. The summed E-state index contributed by atoms with van der Waals surface area (Å²) >= 11 is 0. The zero-order valence-corrected chi connectivity index (χ0v) is 10.7. The lowest BCUT2D eigenvalue weighted by atomic mass is 9.94. The molecule has 3 heteroatoms. The Labute approximate surface area is 106 Å². The molecular weight excluding hydrogens is 228 g/mol. The van der Waals surface area contributed by atoms with Crippen molar-refractivity contribution in [2.45, 2.75) is 20.8 Å². The molecule has 3 N–H and O–H groups in total. The molecule has 2 aromatic carbocycles. The van der Waals surface area contributed by atoms with E-state index < -0.39 is 0 Å². The molecule has 0 saturated carbocycles. The minimum atomic E-state index is -0.157. The SMILES string of the molecule is Cc1cc(C)c(-c2c(O)cc(O)cc2O)cc1C. The van der Waals surface area contributed by atoms with Crippen LogP contribution in [0.15, 0.2) is 24.3 Å². The van der Waals surface area contributed by atoms with Crippen molar-refractivity contribution in [3.63, 3.8) is 0 Å². The van der Waals surface area contributed by atoms with Gasteiger partial charge in [0.2, 0.25) is 0 Å². The predicted molar refractivity (Wildman–Crippen MR) is 71.1 cm³/mol. The van der Waals surface area contributed by atoms with E-state index in [1.54, 1.807) is 0 Å². The van der Waals surface area contributed by atoms with Crippen LogP contribution < -0.4 is 0 Å². The van der Waals surface area contributed by atoms with Crippen LogP contribution in [0.25, 0.3) is 11.1 Å². The first kappa shape index (κ1) is 12.3. The predicted octanol–water partition coefficient (Wildman–Crippen LogP) is 3.40. The van der Waals surface area contributed by atoms with E-state index in [0.29, 0.717) is 5.56 Å². The van der Waals surface area contributed by atoms with E-state index in [1.165, 1.54) is 12.1 Å². The molecule has 0 aliphatic rings. The van der Waals surface area contributed by atoms with Gasteiger partial charge in [-0.15, -0.1) is 0 Å². The molecule has 0 unspecified atom stereocenters. The van der Waals surface area contributed by atoms with Crippen molar-refractivity contribution in [1.29, 1.82) is 0 Å². The van der Waals surface area contributed by atoms with E-state index >= 15 is 0 Å². The summed E-state index contributed by atoms with van der Waals surface area (Å²) in [4.78, 5) is 0. The first-order chi connectivity index (χ1) is 8.40. The average molecular weight is 244 g/mol. The number of phenolic OH excluding ortho intramolecular Hbond substituents is 3. The fraction of sp³-hybridized carbons (Fsp3) is 0.200. The Kier molecular flexibility index (Phi) is 2.91. The molecule has 94 valence electrons. The van der Waals surface area contributed by atoms with E-state index in [1.807, 2.05) is 32.9 Å². The van der Waals surface area contributed by atoms with Crippen molar-refractivity contribution in [2.75, 3.05) is 0 Å². The zero-order valence-electron chi connectivity index (χ0n) is 10.7. The summed E-state index contributed by atoms with van der Waals surface area (Å²) in [5, 5.41) is 29.1. The van der Waals surface area contributed by atoms with E-state index in [-0.39, 0.29) is 17.2 Å². The lowest BCUT2D eigenvalue weighted by Gasteiger charge is -2.13. The molecule has 0 amide bonds. The molecule has 0 fully saturated rings. The van der Waals surface area contributed by atoms with Gasteiger partial charge in [-0.3, -0.25) is 0 Å². The van der Waals surface area contributed by atoms with Gasteiger partial charge in [0.25, 0.3) is 0 Å². The normalized spacial score (nSPS) is 10.6. The van der Waals surface area contributed by atoms with Crippen LogP contribution in [0.1, 0.15) is 16.7 Å². The molecule has 2 aromatic rings. The van der Waals surface area contributed by atoms with Gasteiger partial charge in [-0.25, -0.2) is 0 Å². The molecule has 0 aliphatic heterocycles. The van der Waals surface area contributed by atoms with Gasteiger partial charge in [0.15, 0.2) is 0 Å². The molecular formula is C15H16O3. The zero-order chi connectivity index (χ0) is 13.4. The molecule has 18 heavy (non-hydrogen) atoms. The Morgan fingerprint density at radius 3 is 1.72 bits per heavy atom. The van der Waals surface area contributed by atoms with Crippen LogP contribution in [0, 0.1) is 20.8 Å². The van der Waals surface area contributed by atoms with Gasteiger partial charge in [-0.1, -0.05) is 12.1 Å². The Morgan fingerprint density at radius 2 is 1.17 bits per heavy atom. The first-order valence-corrected chi connectivity index (χ1v) is 5.73. The molecule has 0 aliphatic carbocycles. The highest BCUT2D eigenvalue weighted by Gasteiger charge is 2.14. The van der Waals surface area contributed by atoms with Gasteiger partial charge in [-0.05, 0) is 43.0 Å². The number of hydrogen-bond donors (Lipinski definition) is 3. The van der Waals surface area contributed by atoms with Gasteiger partial charge in [0, 0.05) is 12.1 Å². The lowest BCUT2D eigenvalue weighted by molar-refractivity contribution is 0.430. The van der Waals surface area contributed by atoms with Crippen LogP contribution in [-0.4, -0.2) is 15.3 Å². The second-order valence-corrected chi connectivity index (χ2v) is 4.61. The summed E-state index contributed by atoms with van der Waals surface area (Å²) < 4.78 is 0. The highest BCUT2D eigenvalue weighted by Crippen LogP contribution is 2.42. The Bertz CT molecular complexity index is 592. The minimum absolute atomic E-state index is 0.126. The van der Waals surface area contributed by atoms with E-state index in [9.17, 15) is 15.3 Å². The summed E-state index contributed by atoms with van der Waals surface area (Å²) in [5.74, 6) is -0.409. The van der Waals surface area contributed by atoms with E-state index in [0.717, 1.165) is 22.3 Å². The third kappa shape index (κ3) is 1.99. The third-order valence-corrected chi connectivity index (χ3v) is 3.19. The van der Waals surface area contributed by atoms with Crippen molar-refractivity contribution in [2.24, 2.45) is 0 Å². The number of hydrogen-bond acceptors (Lipinski definition) is 3. The van der Waals surface area contributed by atoms with E-state index in [4.69, 9.17) is 0 Å². The molecule has 0 spiro atoms. The number of aromatic hydroxyl groups is 3.